The van der Waals surface area contributed by atoms with Gasteiger partial charge in [-0.15, -0.1) is 0 Å². The van der Waals surface area contributed by atoms with Crippen LogP contribution in [0.15, 0.2) is 30.6 Å². The second kappa shape index (κ2) is 4.82. The molecular weight excluding hydrogens is 216 g/mol. The van der Waals surface area contributed by atoms with Crippen molar-refractivity contribution in [3.8, 4) is 5.75 Å². The average Bonchev–Trinajstić information content (AvgIpc) is 2.74. The fourth-order valence-electron chi connectivity index (χ4n) is 1.72. The standard InChI is InChI=1S/C13H14N2O2/c1-10-6-14-15(7-10)8-12-5-11(9-16)3-4-13(12)17-2/h3-7,9H,8H2,1-2H3. The molecule has 0 saturated carbocycles. The van der Waals surface area contributed by atoms with Gasteiger partial charge in [0.05, 0.1) is 19.9 Å². The van der Waals surface area contributed by atoms with Gasteiger partial charge in [0.25, 0.3) is 0 Å². The summed E-state index contributed by atoms with van der Waals surface area (Å²) in [6.45, 7) is 2.58. The molecular formula is C13H14N2O2. The molecule has 4 nitrogen and oxygen atoms in total. The van der Waals surface area contributed by atoms with E-state index in [-0.39, 0.29) is 0 Å². The SMILES string of the molecule is COc1ccc(C=O)cc1Cn1cc(C)cn1. The summed E-state index contributed by atoms with van der Waals surface area (Å²) in [5.41, 5.74) is 2.69. The Labute approximate surface area is 99.8 Å². The molecule has 0 unspecified atom stereocenters. The third-order valence-corrected chi connectivity index (χ3v) is 2.54. The highest BCUT2D eigenvalue weighted by molar-refractivity contribution is 5.75. The quantitative estimate of drug-likeness (QED) is 0.755. The van der Waals surface area contributed by atoms with Crippen LogP contribution in [0.5, 0.6) is 5.75 Å². The highest BCUT2D eigenvalue weighted by Crippen LogP contribution is 2.20. The van der Waals surface area contributed by atoms with Crippen molar-refractivity contribution in [2.45, 2.75) is 13.5 Å². The van der Waals surface area contributed by atoms with Crippen LogP contribution in [0.2, 0.25) is 0 Å². The van der Waals surface area contributed by atoms with E-state index in [1.165, 1.54) is 0 Å². The number of carbonyl (C=O) groups excluding carboxylic acids is 1. The molecule has 88 valence electrons. The van der Waals surface area contributed by atoms with Crippen molar-refractivity contribution >= 4 is 6.29 Å². The first-order valence-electron chi connectivity index (χ1n) is 5.34. The molecule has 0 atom stereocenters. The van der Waals surface area contributed by atoms with Gasteiger partial charge < -0.3 is 4.74 Å². The normalized spacial score (nSPS) is 10.2. The summed E-state index contributed by atoms with van der Waals surface area (Å²) in [4.78, 5) is 10.8. The van der Waals surface area contributed by atoms with Crippen molar-refractivity contribution in [3.63, 3.8) is 0 Å². The van der Waals surface area contributed by atoms with E-state index in [0.717, 1.165) is 23.2 Å². The van der Waals surface area contributed by atoms with Crippen LogP contribution in [-0.4, -0.2) is 23.2 Å². The third kappa shape index (κ3) is 2.53. The van der Waals surface area contributed by atoms with E-state index in [1.807, 2.05) is 23.9 Å². The number of benzene rings is 1. The Kier molecular flexibility index (Phi) is 3.23. The molecule has 0 amide bonds. The number of hydrogen-bond acceptors (Lipinski definition) is 3. The monoisotopic (exact) mass is 230 g/mol. The lowest BCUT2D eigenvalue weighted by atomic mass is 10.1. The third-order valence-electron chi connectivity index (χ3n) is 2.54. The zero-order chi connectivity index (χ0) is 12.3. The van der Waals surface area contributed by atoms with Gasteiger partial charge in [-0.3, -0.25) is 9.48 Å². The number of methoxy groups -OCH3 is 1. The second-order valence-electron chi connectivity index (χ2n) is 3.90. The van der Waals surface area contributed by atoms with E-state index in [4.69, 9.17) is 4.74 Å². The molecule has 17 heavy (non-hydrogen) atoms. The van der Waals surface area contributed by atoms with Crippen LogP contribution in [0.25, 0.3) is 0 Å². The molecule has 0 saturated heterocycles. The molecule has 0 N–H and O–H groups in total. The number of carbonyl (C=O) groups is 1. The van der Waals surface area contributed by atoms with E-state index in [9.17, 15) is 4.79 Å². The summed E-state index contributed by atoms with van der Waals surface area (Å²) in [7, 11) is 1.62. The zero-order valence-electron chi connectivity index (χ0n) is 9.88. The van der Waals surface area contributed by atoms with Crippen LogP contribution < -0.4 is 4.74 Å². The predicted octanol–water partition coefficient (Wildman–Crippen LogP) is 2.06. The molecule has 4 heteroatoms. The Morgan fingerprint density at radius 1 is 1.47 bits per heavy atom. The summed E-state index contributed by atoms with van der Waals surface area (Å²) < 4.78 is 7.09. The van der Waals surface area contributed by atoms with Crippen molar-refractivity contribution in [1.29, 1.82) is 0 Å². The van der Waals surface area contributed by atoms with E-state index in [2.05, 4.69) is 5.10 Å². The molecule has 0 aliphatic rings. The van der Waals surface area contributed by atoms with Gasteiger partial charge in [0.1, 0.15) is 12.0 Å². The topological polar surface area (TPSA) is 44.1 Å². The predicted molar refractivity (Wildman–Crippen MR) is 64.4 cm³/mol. The summed E-state index contributed by atoms with van der Waals surface area (Å²) in [5, 5.41) is 4.21. The Hall–Kier alpha value is -2.10. The van der Waals surface area contributed by atoms with E-state index < -0.39 is 0 Å². The number of aldehydes is 1. The first kappa shape index (κ1) is 11.4. The molecule has 0 aliphatic carbocycles. The van der Waals surface area contributed by atoms with E-state index >= 15 is 0 Å². The summed E-state index contributed by atoms with van der Waals surface area (Å²) in [6, 6.07) is 5.36. The first-order chi connectivity index (χ1) is 8.22. The highest BCUT2D eigenvalue weighted by atomic mass is 16.5. The van der Waals surface area contributed by atoms with Crippen molar-refractivity contribution in [1.82, 2.24) is 9.78 Å². The average molecular weight is 230 g/mol. The van der Waals surface area contributed by atoms with Gasteiger partial charge in [-0.05, 0) is 30.7 Å². The minimum absolute atomic E-state index is 0.596. The summed E-state index contributed by atoms with van der Waals surface area (Å²) in [6.07, 6.45) is 4.58. The fraction of sp³-hybridized carbons (Fsp3) is 0.231. The Bertz CT molecular complexity index is 532. The maximum atomic E-state index is 10.8. The number of aryl methyl sites for hydroxylation is 1. The molecule has 1 aromatic carbocycles. The maximum absolute atomic E-state index is 10.8. The van der Waals surface area contributed by atoms with Gasteiger partial charge in [0, 0.05) is 17.3 Å². The zero-order valence-corrected chi connectivity index (χ0v) is 9.88. The van der Waals surface area contributed by atoms with Crippen molar-refractivity contribution in [3.05, 3.63) is 47.3 Å². The maximum Gasteiger partial charge on any atom is 0.150 e. The largest absolute Gasteiger partial charge is 0.496 e. The lowest BCUT2D eigenvalue weighted by molar-refractivity contribution is 0.112. The number of rotatable bonds is 4. The van der Waals surface area contributed by atoms with Gasteiger partial charge in [0.2, 0.25) is 0 Å². The lowest BCUT2D eigenvalue weighted by Gasteiger charge is -2.09. The van der Waals surface area contributed by atoms with Gasteiger partial charge >= 0.3 is 0 Å². The van der Waals surface area contributed by atoms with Gasteiger partial charge in [-0.2, -0.15) is 5.10 Å². The van der Waals surface area contributed by atoms with Gasteiger partial charge in [-0.1, -0.05) is 0 Å². The Morgan fingerprint density at radius 3 is 2.88 bits per heavy atom. The fourth-order valence-corrected chi connectivity index (χ4v) is 1.72. The van der Waals surface area contributed by atoms with E-state index in [1.54, 1.807) is 25.4 Å². The molecule has 1 aromatic heterocycles. The number of hydrogen-bond donors (Lipinski definition) is 0. The number of ether oxygens (including phenoxy) is 1. The van der Waals surface area contributed by atoms with Crippen LogP contribution in [-0.2, 0) is 6.54 Å². The van der Waals surface area contributed by atoms with Gasteiger partial charge in [0.15, 0.2) is 0 Å². The molecule has 0 radical (unpaired) electrons. The molecule has 0 fully saturated rings. The van der Waals surface area contributed by atoms with Crippen molar-refractivity contribution in [2.75, 3.05) is 7.11 Å². The summed E-state index contributed by atoms with van der Waals surface area (Å²) >= 11 is 0. The Balaban J connectivity index is 2.32. The molecule has 1 heterocycles. The summed E-state index contributed by atoms with van der Waals surface area (Å²) in [5.74, 6) is 0.767. The lowest BCUT2D eigenvalue weighted by Crippen LogP contribution is -2.03. The number of nitrogens with zero attached hydrogens (tertiary/aromatic N) is 2. The molecule has 2 aromatic rings. The second-order valence-corrected chi connectivity index (χ2v) is 3.90. The molecule has 0 bridgehead atoms. The highest BCUT2D eigenvalue weighted by Gasteiger charge is 2.05. The minimum Gasteiger partial charge on any atom is -0.496 e. The van der Waals surface area contributed by atoms with Crippen molar-refractivity contribution < 1.29 is 9.53 Å². The molecule has 2 rings (SSSR count). The smallest absolute Gasteiger partial charge is 0.150 e. The van der Waals surface area contributed by atoms with Crippen LogP contribution in [0.3, 0.4) is 0 Å². The first-order valence-corrected chi connectivity index (χ1v) is 5.34. The Morgan fingerprint density at radius 2 is 2.29 bits per heavy atom. The molecule has 0 aliphatic heterocycles. The number of aromatic nitrogens is 2. The van der Waals surface area contributed by atoms with Gasteiger partial charge in [-0.25, -0.2) is 0 Å². The molecule has 0 spiro atoms. The van der Waals surface area contributed by atoms with Crippen LogP contribution >= 0.6 is 0 Å². The van der Waals surface area contributed by atoms with Crippen molar-refractivity contribution in [2.24, 2.45) is 0 Å². The van der Waals surface area contributed by atoms with Crippen LogP contribution in [0.1, 0.15) is 21.5 Å². The van der Waals surface area contributed by atoms with Crippen LogP contribution in [0, 0.1) is 6.92 Å². The van der Waals surface area contributed by atoms with E-state index in [0.29, 0.717) is 12.1 Å². The van der Waals surface area contributed by atoms with Crippen LogP contribution in [0.4, 0.5) is 0 Å². The minimum atomic E-state index is 0.596.